The highest BCUT2D eigenvalue weighted by molar-refractivity contribution is 6.33. The maximum atomic E-state index is 11.3. The molecule has 0 unspecified atom stereocenters. The van der Waals surface area contributed by atoms with Crippen molar-refractivity contribution in [1.82, 2.24) is 9.97 Å². The van der Waals surface area contributed by atoms with Gasteiger partial charge in [0, 0.05) is 23.6 Å². The van der Waals surface area contributed by atoms with Gasteiger partial charge in [-0.15, -0.1) is 0 Å². The number of para-hydroxylation sites is 1. The monoisotopic (exact) mass is 304 g/mol. The van der Waals surface area contributed by atoms with Crippen molar-refractivity contribution in [2.75, 3.05) is 5.32 Å². The second-order valence-corrected chi connectivity index (χ2v) is 5.04. The zero-order valence-electron chi connectivity index (χ0n) is 12.7. The number of nitrogens with one attached hydrogen (secondary N) is 2. The van der Waals surface area contributed by atoms with Crippen LogP contribution in [0.5, 0.6) is 0 Å². The van der Waals surface area contributed by atoms with E-state index in [-0.39, 0.29) is 5.84 Å². The van der Waals surface area contributed by atoms with Crippen molar-refractivity contribution >= 4 is 23.5 Å². The van der Waals surface area contributed by atoms with Crippen LogP contribution in [0.15, 0.2) is 65.9 Å². The topological polar surface area (TPSA) is 70.1 Å². The van der Waals surface area contributed by atoms with E-state index in [1.54, 1.807) is 12.4 Å². The highest BCUT2D eigenvalue weighted by atomic mass is 16.1. The number of imidazole rings is 1. The van der Waals surface area contributed by atoms with Crippen LogP contribution in [-0.4, -0.2) is 22.1 Å². The van der Waals surface area contributed by atoms with Gasteiger partial charge in [-0.2, -0.15) is 0 Å². The van der Waals surface area contributed by atoms with E-state index in [1.165, 1.54) is 0 Å². The summed E-state index contributed by atoms with van der Waals surface area (Å²) in [5.41, 5.74) is 3.51. The van der Waals surface area contributed by atoms with Crippen LogP contribution in [0.3, 0.4) is 0 Å². The van der Waals surface area contributed by atoms with Crippen molar-refractivity contribution in [3.05, 3.63) is 66.5 Å². The third kappa shape index (κ3) is 3.52. The molecule has 0 aliphatic carbocycles. The molecule has 0 bridgehead atoms. The molecule has 1 heterocycles. The summed E-state index contributed by atoms with van der Waals surface area (Å²) in [4.78, 5) is 23.0. The molecule has 0 saturated carbocycles. The van der Waals surface area contributed by atoms with Crippen molar-refractivity contribution in [3.63, 3.8) is 0 Å². The summed E-state index contributed by atoms with van der Waals surface area (Å²) >= 11 is 0. The van der Waals surface area contributed by atoms with E-state index in [0.717, 1.165) is 28.3 Å². The second-order valence-electron chi connectivity index (χ2n) is 5.04. The standard InChI is InChI=1S/C18H16N4O/c1-13-11-14(18-19-9-10-20-18)7-8-16(13)22-17(12-23)21-15-5-3-2-4-6-15/h2-12H,1H3,(H,19,20)(H,21,22). The quantitative estimate of drug-likeness (QED) is 0.438. The minimum absolute atomic E-state index is 0.269. The number of rotatable bonds is 4. The Morgan fingerprint density at radius 2 is 2.04 bits per heavy atom. The van der Waals surface area contributed by atoms with Gasteiger partial charge in [0.05, 0.1) is 5.69 Å². The number of hydrogen-bond donors (Lipinski definition) is 2. The van der Waals surface area contributed by atoms with Crippen LogP contribution in [0.2, 0.25) is 0 Å². The minimum Gasteiger partial charge on any atom is -0.345 e. The number of carbonyl (C=O) groups excluding carboxylic acids is 1. The number of hydrogen-bond acceptors (Lipinski definition) is 3. The molecule has 0 amide bonds. The molecule has 23 heavy (non-hydrogen) atoms. The first-order valence-corrected chi connectivity index (χ1v) is 7.22. The summed E-state index contributed by atoms with van der Waals surface area (Å²) in [7, 11) is 0. The second kappa shape index (κ2) is 6.70. The summed E-state index contributed by atoms with van der Waals surface area (Å²) in [6.45, 7) is 1.95. The summed E-state index contributed by atoms with van der Waals surface area (Å²) in [5.74, 6) is 1.08. The first-order chi connectivity index (χ1) is 11.3. The first-order valence-electron chi connectivity index (χ1n) is 7.22. The minimum atomic E-state index is 0.269. The van der Waals surface area contributed by atoms with Crippen LogP contribution in [0.1, 0.15) is 5.56 Å². The van der Waals surface area contributed by atoms with E-state index in [4.69, 9.17) is 0 Å². The number of aromatic amines is 1. The molecule has 5 nitrogen and oxygen atoms in total. The van der Waals surface area contributed by atoms with Gasteiger partial charge in [-0.05, 0) is 42.8 Å². The number of carbonyl (C=O) groups is 1. The van der Waals surface area contributed by atoms with Crippen molar-refractivity contribution < 1.29 is 4.79 Å². The number of aliphatic imine (C=N–C) groups is 1. The van der Waals surface area contributed by atoms with E-state index < -0.39 is 0 Å². The fourth-order valence-electron chi connectivity index (χ4n) is 2.23. The Hall–Kier alpha value is -3.21. The molecular weight excluding hydrogens is 288 g/mol. The van der Waals surface area contributed by atoms with Crippen molar-refractivity contribution in [2.45, 2.75) is 6.92 Å². The Bertz CT molecular complexity index is 823. The number of H-pyrrole nitrogens is 1. The van der Waals surface area contributed by atoms with Gasteiger partial charge in [0.1, 0.15) is 5.82 Å². The molecule has 114 valence electrons. The fraction of sp³-hybridized carbons (Fsp3) is 0.0556. The fourth-order valence-corrected chi connectivity index (χ4v) is 2.23. The molecule has 2 aromatic carbocycles. The van der Waals surface area contributed by atoms with Gasteiger partial charge < -0.3 is 10.3 Å². The highest BCUT2D eigenvalue weighted by Gasteiger charge is 2.05. The number of aryl methyl sites for hydroxylation is 1. The molecule has 0 aliphatic heterocycles. The van der Waals surface area contributed by atoms with Crippen LogP contribution < -0.4 is 5.32 Å². The summed E-state index contributed by atoms with van der Waals surface area (Å²) in [6.07, 6.45) is 4.21. The van der Waals surface area contributed by atoms with Gasteiger partial charge in [-0.25, -0.2) is 9.98 Å². The predicted octanol–water partition coefficient (Wildman–Crippen LogP) is 3.73. The predicted molar refractivity (Wildman–Crippen MR) is 92.0 cm³/mol. The van der Waals surface area contributed by atoms with E-state index in [2.05, 4.69) is 20.3 Å². The average Bonchev–Trinajstić information content (AvgIpc) is 3.11. The van der Waals surface area contributed by atoms with Crippen molar-refractivity contribution in [3.8, 4) is 11.4 Å². The molecule has 1 aromatic heterocycles. The molecule has 0 atom stereocenters. The Labute approximate surface area is 134 Å². The number of nitrogens with zero attached hydrogens (tertiary/aromatic N) is 2. The van der Waals surface area contributed by atoms with Crippen LogP contribution in [0.4, 0.5) is 11.4 Å². The van der Waals surface area contributed by atoms with Crippen LogP contribution >= 0.6 is 0 Å². The number of benzene rings is 2. The molecule has 3 aromatic rings. The average molecular weight is 304 g/mol. The molecule has 0 spiro atoms. The maximum Gasteiger partial charge on any atom is 0.185 e. The van der Waals surface area contributed by atoms with Crippen LogP contribution in [0, 0.1) is 6.92 Å². The zero-order chi connectivity index (χ0) is 16.1. The molecule has 0 saturated heterocycles. The van der Waals surface area contributed by atoms with Gasteiger partial charge in [-0.1, -0.05) is 18.2 Å². The van der Waals surface area contributed by atoms with E-state index in [0.29, 0.717) is 6.29 Å². The number of amidine groups is 1. The Morgan fingerprint density at radius 1 is 1.22 bits per heavy atom. The lowest BCUT2D eigenvalue weighted by atomic mass is 10.1. The van der Waals surface area contributed by atoms with Gasteiger partial charge in [0.2, 0.25) is 0 Å². The molecule has 0 aliphatic rings. The van der Waals surface area contributed by atoms with Crippen LogP contribution in [0.25, 0.3) is 11.4 Å². The van der Waals surface area contributed by atoms with E-state index in [9.17, 15) is 4.79 Å². The van der Waals surface area contributed by atoms with Gasteiger partial charge >= 0.3 is 0 Å². The largest absolute Gasteiger partial charge is 0.345 e. The number of anilines is 1. The van der Waals surface area contributed by atoms with Gasteiger partial charge in [-0.3, -0.25) is 4.79 Å². The first kappa shape index (κ1) is 14.7. The highest BCUT2D eigenvalue weighted by Crippen LogP contribution is 2.24. The van der Waals surface area contributed by atoms with Crippen molar-refractivity contribution in [1.29, 1.82) is 0 Å². The molecule has 5 heteroatoms. The lowest BCUT2D eigenvalue weighted by molar-refractivity contribution is -0.102. The van der Waals surface area contributed by atoms with Crippen LogP contribution in [-0.2, 0) is 4.79 Å². The smallest absolute Gasteiger partial charge is 0.185 e. The summed E-state index contributed by atoms with van der Waals surface area (Å²) in [5, 5.41) is 3.01. The zero-order valence-corrected chi connectivity index (χ0v) is 12.7. The lowest BCUT2D eigenvalue weighted by Gasteiger charge is -2.07. The molecule has 0 fully saturated rings. The molecule has 3 rings (SSSR count). The Kier molecular flexibility index (Phi) is 4.29. The normalized spacial score (nSPS) is 11.3. The third-order valence-corrected chi connectivity index (χ3v) is 3.37. The Balaban J connectivity index is 1.86. The lowest BCUT2D eigenvalue weighted by Crippen LogP contribution is -2.12. The number of aromatic nitrogens is 2. The number of aldehydes is 1. The molecule has 2 N–H and O–H groups in total. The van der Waals surface area contributed by atoms with Crippen molar-refractivity contribution in [2.24, 2.45) is 4.99 Å². The van der Waals surface area contributed by atoms with E-state index in [1.807, 2.05) is 55.5 Å². The van der Waals surface area contributed by atoms with E-state index >= 15 is 0 Å². The third-order valence-electron chi connectivity index (χ3n) is 3.37. The summed E-state index contributed by atoms with van der Waals surface area (Å²) in [6, 6.07) is 15.3. The maximum absolute atomic E-state index is 11.3. The molecular formula is C18H16N4O. The molecule has 0 radical (unpaired) electrons. The summed E-state index contributed by atoms with van der Waals surface area (Å²) < 4.78 is 0. The van der Waals surface area contributed by atoms with Gasteiger partial charge in [0.15, 0.2) is 12.1 Å². The Morgan fingerprint density at radius 3 is 2.70 bits per heavy atom. The van der Waals surface area contributed by atoms with Gasteiger partial charge in [0.25, 0.3) is 0 Å². The SMILES string of the molecule is Cc1cc(-c2ncc[nH]2)ccc1/N=C(\C=O)Nc1ccccc1.